The van der Waals surface area contributed by atoms with Gasteiger partial charge in [-0.3, -0.25) is 24.4 Å². The number of rotatable bonds is 20. The highest BCUT2D eigenvalue weighted by Crippen LogP contribution is 2.38. The molecule has 0 unspecified atom stereocenters. The van der Waals surface area contributed by atoms with Crippen LogP contribution in [-0.4, -0.2) is 113 Å². The number of methoxy groups -OCH3 is 4. The van der Waals surface area contributed by atoms with E-state index in [0.29, 0.717) is 87.7 Å². The molecule has 3 heterocycles. The van der Waals surface area contributed by atoms with Crippen molar-refractivity contribution in [1.82, 2.24) is 25.1 Å². The molecule has 20 nitrogen and oxygen atoms in total. The number of imide groups is 2. The van der Waals surface area contributed by atoms with E-state index in [4.69, 9.17) is 61.0 Å². The molecule has 2 aliphatic heterocycles. The summed E-state index contributed by atoms with van der Waals surface area (Å²) in [6, 6.07) is 21.4. The number of barbiturate groups is 1. The predicted octanol–water partition coefficient (Wildman–Crippen LogP) is 6.53. The zero-order chi connectivity index (χ0) is 54.2. The first kappa shape index (κ1) is 58.9. The van der Waals surface area contributed by atoms with Crippen molar-refractivity contribution < 1.29 is 57.1 Å². The van der Waals surface area contributed by atoms with Crippen LogP contribution in [0.1, 0.15) is 56.4 Å². The number of ether oxygens (including phenoxy) is 8. The molecule has 0 atom stereocenters. The second-order valence-electron chi connectivity index (χ2n) is 15.9. The van der Waals surface area contributed by atoms with Gasteiger partial charge in [0.15, 0.2) is 46.0 Å². The molecule has 4 aromatic carbocycles. The number of fused-ring (bicyclic) bond motifs is 3. The SMILES string of the molecule is CCOc1cc(CCN)ccc1OC.CCOc1cc(CCN2C(=O)CC(=O)NC2=O)ccc1OC.CCOc1cc(CCNC(N)=O)ccc1OC.CCOc1cc2c(cc1OC)-c1cc(Cl)nc(=O)n1CC2. The van der Waals surface area contributed by atoms with Crippen molar-refractivity contribution in [3.05, 3.63) is 111 Å². The van der Waals surface area contributed by atoms with E-state index >= 15 is 0 Å². The van der Waals surface area contributed by atoms with Gasteiger partial charge in [0, 0.05) is 31.3 Å². The Kier molecular flexibility index (Phi) is 24.1. The van der Waals surface area contributed by atoms with E-state index in [0.717, 1.165) is 62.9 Å². The van der Waals surface area contributed by atoms with Crippen LogP contribution >= 0.6 is 11.6 Å². The van der Waals surface area contributed by atoms with Gasteiger partial charge in [-0.25, -0.2) is 14.4 Å². The Bertz CT molecular complexity index is 2720. The molecule has 7 rings (SSSR count). The lowest BCUT2D eigenvalue weighted by Gasteiger charge is -2.24. The van der Waals surface area contributed by atoms with Crippen molar-refractivity contribution in [2.75, 3.05) is 74.5 Å². The third-order valence-corrected chi connectivity index (χ3v) is 11.2. The van der Waals surface area contributed by atoms with Gasteiger partial charge < -0.3 is 54.7 Å². The number of halogens is 1. The van der Waals surface area contributed by atoms with E-state index in [-0.39, 0.29) is 23.8 Å². The van der Waals surface area contributed by atoms with Gasteiger partial charge >= 0.3 is 17.8 Å². The predicted molar refractivity (Wildman–Crippen MR) is 280 cm³/mol. The molecular weight excluding hydrogens is 978 g/mol. The van der Waals surface area contributed by atoms with Gasteiger partial charge in [-0.1, -0.05) is 29.8 Å². The number of urea groups is 2. The molecule has 0 radical (unpaired) electrons. The van der Waals surface area contributed by atoms with Crippen molar-refractivity contribution in [2.45, 2.75) is 66.3 Å². The zero-order valence-electron chi connectivity index (χ0n) is 43.3. The smallest absolute Gasteiger partial charge is 0.349 e. The summed E-state index contributed by atoms with van der Waals surface area (Å²) < 4.78 is 44.6. The van der Waals surface area contributed by atoms with Gasteiger partial charge in [0.05, 0.1) is 60.6 Å². The number of nitrogens with zero attached hydrogens (tertiary/aromatic N) is 3. The van der Waals surface area contributed by atoms with E-state index in [1.165, 1.54) is 5.56 Å². The number of hydrogen-bond acceptors (Lipinski definition) is 15. The van der Waals surface area contributed by atoms with Crippen LogP contribution in [0, 0.1) is 0 Å². The Hall–Kier alpha value is -7.71. The molecule has 0 bridgehead atoms. The molecule has 5 aromatic rings. The second-order valence-corrected chi connectivity index (χ2v) is 16.3. The molecule has 2 aliphatic rings. The van der Waals surface area contributed by atoms with Gasteiger partial charge in [-0.2, -0.15) is 4.98 Å². The maximum atomic E-state index is 11.9. The number of carbonyl (C=O) groups is 4. The molecule has 1 fully saturated rings. The normalized spacial score (nSPS) is 12.1. The van der Waals surface area contributed by atoms with Crippen LogP contribution in [0.15, 0.2) is 77.6 Å². The highest BCUT2D eigenvalue weighted by molar-refractivity contribution is 6.29. The second kappa shape index (κ2) is 30.4. The lowest BCUT2D eigenvalue weighted by Crippen LogP contribution is -2.53. The average Bonchev–Trinajstić information content (AvgIpc) is 3.37. The summed E-state index contributed by atoms with van der Waals surface area (Å²) in [5, 5.41) is 4.87. The van der Waals surface area contributed by atoms with Gasteiger partial charge in [-0.05, 0) is 131 Å². The van der Waals surface area contributed by atoms with Crippen molar-refractivity contribution >= 4 is 35.5 Å². The Morgan fingerprint density at radius 2 is 1.15 bits per heavy atom. The Morgan fingerprint density at radius 1 is 0.662 bits per heavy atom. The molecule has 1 aromatic heterocycles. The quantitative estimate of drug-likeness (QED) is 0.0477. The average molecular weight is 1050 g/mol. The number of hydrogen-bond donors (Lipinski definition) is 4. The fourth-order valence-electron chi connectivity index (χ4n) is 7.60. The van der Waals surface area contributed by atoms with Crippen LogP contribution in [0.2, 0.25) is 5.15 Å². The summed E-state index contributed by atoms with van der Waals surface area (Å²) >= 11 is 5.92. The number of nitrogens with two attached hydrogens (primary N) is 2. The Labute approximate surface area is 436 Å². The fraction of sp³-hybridized carbons (Fsp3) is 0.396. The van der Waals surface area contributed by atoms with E-state index in [1.54, 1.807) is 45.1 Å². The minimum Gasteiger partial charge on any atom is -0.493 e. The minimum absolute atomic E-state index is 0.201. The van der Waals surface area contributed by atoms with Gasteiger partial charge in [0.2, 0.25) is 11.8 Å². The molecule has 400 valence electrons. The first-order valence-corrected chi connectivity index (χ1v) is 24.4. The summed E-state index contributed by atoms with van der Waals surface area (Å²) in [5.41, 5.74) is 16.1. The molecular formula is C53H68ClN7O13. The Balaban J connectivity index is 0.000000217. The molecule has 74 heavy (non-hydrogen) atoms. The van der Waals surface area contributed by atoms with Gasteiger partial charge in [0.25, 0.3) is 0 Å². The number of primary amides is 1. The third-order valence-electron chi connectivity index (χ3n) is 11.0. The van der Waals surface area contributed by atoms with Gasteiger partial charge in [0.1, 0.15) is 11.6 Å². The lowest BCUT2D eigenvalue weighted by atomic mass is 9.97. The molecule has 6 amide bonds. The standard InChI is InChI=1S/C15H15ClN2O3.C15H18N2O5.C12H18N2O3.C11H17NO2/c1-3-21-13-6-9-4-5-18-11(8-14(16)17-15(18)19)10(9)7-12(13)20-2;1-3-22-12-8-10(4-5-11(12)21-2)6-7-17-14(19)9-13(18)16-15(17)20;1-3-17-11-8-9(4-5-10(11)16-2)6-7-14-12(13)15;1-3-14-11-8-9(6-7-12)4-5-10(11)13-2/h6-8H,3-5H2,1-2H3;4-5,8H,3,6-7,9H2,1-2H3,(H,16,18,20);4-5,8H,3,6-7H2,1-2H3,(H3,13,14,15);4-5,8H,3,6-7,12H2,1-2H3. The number of carbonyl (C=O) groups excluding carboxylic acids is 4. The van der Waals surface area contributed by atoms with E-state index < -0.39 is 23.9 Å². The number of amides is 6. The topological polar surface area (TPSA) is 256 Å². The molecule has 6 N–H and O–H groups in total. The van der Waals surface area contributed by atoms with Crippen molar-refractivity contribution in [3.8, 4) is 57.3 Å². The summed E-state index contributed by atoms with van der Waals surface area (Å²) in [7, 11) is 6.40. The number of benzene rings is 4. The highest BCUT2D eigenvalue weighted by atomic mass is 35.5. The van der Waals surface area contributed by atoms with E-state index in [1.807, 2.05) is 88.4 Å². The fourth-order valence-corrected chi connectivity index (χ4v) is 7.78. The molecule has 21 heteroatoms. The summed E-state index contributed by atoms with van der Waals surface area (Å²) in [6.45, 7) is 11.9. The number of nitrogens with one attached hydrogen (secondary N) is 2. The maximum absolute atomic E-state index is 11.9. The molecule has 1 saturated heterocycles. The Morgan fingerprint density at radius 3 is 1.61 bits per heavy atom. The van der Waals surface area contributed by atoms with Crippen LogP contribution in [0.4, 0.5) is 9.59 Å². The van der Waals surface area contributed by atoms with Crippen molar-refractivity contribution in [2.24, 2.45) is 11.5 Å². The summed E-state index contributed by atoms with van der Waals surface area (Å²) in [4.78, 5) is 61.7. The van der Waals surface area contributed by atoms with Crippen molar-refractivity contribution in [1.29, 1.82) is 0 Å². The summed E-state index contributed by atoms with van der Waals surface area (Å²) in [5.74, 6) is 4.55. The summed E-state index contributed by atoms with van der Waals surface area (Å²) in [6.07, 6.45) is 2.49. The van der Waals surface area contributed by atoms with Crippen LogP contribution in [0.25, 0.3) is 11.3 Å². The first-order chi connectivity index (χ1) is 35.7. The highest BCUT2D eigenvalue weighted by Gasteiger charge is 2.30. The monoisotopic (exact) mass is 1050 g/mol. The molecule has 0 saturated carbocycles. The number of aromatic nitrogens is 2. The zero-order valence-corrected chi connectivity index (χ0v) is 44.1. The number of aryl methyl sites for hydroxylation is 1. The lowest BCUT2D eigenvalue weighted by molar-refractivity contribution is -0.136. The third kappa shape index (κ3) is 17.2. The van der Waals surface area contributed by atoms with Gasteiger partial charge in [-0.15, -0.1) is 0 Å². The van der Waals surface area contributed by atoms with E-state index in [9.17, 15) is 24.0 Å². The van der Waals surface area contributed by atoms with E-state index in [2.05, 4.69) is 15.6 Å². The van der Waals surface area contributed by atoms with Crippen molar-refractivity contribution in [3.63, 3.8) is 0 Å². The van der Waals surface area contributed by atoms with Crippen LogP contribution in [-0.2, 0) is 41.8 Å². The van der Waals surface area contributed by atoms with Crippen LogP contribution < -0.4 is 65.7 Å². The van der Waals surface area contributed by atoms with Crippen LogP contribution in [0.5, 0.6) is 46.0 Å². The minimum atomic E-state index is -0.667. The molecule has 0 aliphatic carbocycles. The molecule has 0 spiro atoms. The van der Waals surface area contributed by atoms with Crippen LogP contribution in [0.3, 0.4) is 0 Å². The first-order valence-electron chi connectivity index (χ1n) is 24.1. The maximum Gasteiger partial charge on any atom is 0.349 e. The largest absolute Gasteiger partial charge is 0.493 e.